The van der Waals surface area contributed by atoms with E-state index in [1.807, 2.05) is 0 Å². The molecular formula is C12H17N. The first-order valence-corrected chi connectivity index (χ1v) is 5.08. The molecule has 0 bridgehead atoms. The van der Waals surface area contributed by atoms with Crippen molar-refractivity contribution in [3.63, 3.8) is 0 Å². The topological polar surface area (TPSA) is 3.24 Å². The second-order valence-electron chi connectivity index (χ2n) is 3.95. The van der Waals surface area contributed by atoms with Crippen LogP contribution >= 0.6 is 0 Å². The highest BCUT2D eigenvalue weighted by molar-refractivity contribution is 5.36. The lowest BCUT2D eigenvalue weighted by molar-refractivity contribution is 0.295. The second kappa shape index (κ2) is 3.41. The lowest BCUT2D eigenvalue weighted by atomic mass is 9.97. The lowest BCUT2D eigenvalue weighted by Gasteiger charge is -2.34. The number of nitrogens with zero attached hydrogens (tertiary/aromatic N) is 1. The van der Waals surface area contributed by atoms with Gasteiger partial charge in [0.05, 0.1) is 0 Å². The van der Waals surface area contributed by atoms with Crippen molar-refractivity contribution in [2.24, 2.45) is 0 Å². The number of allylic oxidation sites excluding steroid dienone is 5. The minimum atomic E-state index is 0.690. The van der Waals surface area contributed by atoms with Crippen LogP contribution in [0.25, 0.3) is 0 Å². The van der Waals surface area contributed by atoms with Gasteiger partial charge in [-0.3, -0.25) is 0 Å². The summed E-state index contributed by atoms with van der Waals surface area (Å²) in [6.07, 6.45) is 12.7. The molecule has 1 aliphatic heterocycles. The van der Waals surface area contributed by atoms with Gasteiger partial charge in [0.25, 0.3) is 0 Å². The largest absolute Gasteiger partial charge is 0.372 e. The van der Waals surface area contributed by atoms with Crippen molar-refractivity contribution in [1.29, 1.82) is 0 Å². The molecule has 2 rings (SSSR count). The molecule has 0 aromatic rings. The van der Waals surface area contributed by atoms with Gasteiger partial charge in [0.1, 0.15) is 0 Å². The molecule has 0 fully saturated rings. The quantitative estimate of drug-likeness (QED) is 0.547. The fourth-order valence-electron chi connectivity index (χ4n) is 2.01. The minimum Gasteiger partial charge on any atom is -0.372 e. The van der Waals surface area contributed by atoms with Gasteiger partial charge < -0.3 is 4.90 Å². The van der Waals surface area contributed by atoms with Gasteiger partial charge in [-0.05, 0) is 37.8 Å². The highest BCUT2D eigenvalue weighted by Crippen LogP contribution is 2.28. The first kappa shape index (κ1) is 8.61. The van der Waals surface area contributed by atoms with Crippen LogP contribution in [0.2, 0.25) is 0 Å². The van der Waals surface area contributed by atoms with Crippen LogP contribution in [-0.4, -0.2) is 18.0 Å². The number of likely N-dealkylation sites (N-methyl/N-ethyl adjacent to an activating group) is 1. The zero-order chi connectivity index (χ0) is 9.26. The summed E-state index contributed by atoms with van der Waals surface area (Å²) in [7, 11) is 2.20. The van der Waals surface area contributed by atoms with E-state index in [0.717, 1.165) is 6.42 Å². The Morgan fingerprint density at radius 1 is 1.31 bits per heavy atom. The van der Waals surface area contributed by atoms with Gasteiger partial charge in [-0.1, -0.05) is 18.2 Å². The molecule has 2 aliphatic rings. The third kappa shape index (κ3) is 1.55. The van der Waals surface area contributed by atoms with Crippen molar-refractivity contribution in [1.82, 2.24) is 4.90 Å². The zero-order valence-electron chi connectivity index (χ0n) is 8.46. The van der Waals surface area contributed by atoms with Crippen LogP contribution in [-0.2, 0) is 0 Å². The number of hydrogen-bond donors (Lipinski definition) is 0. The van der Waals surface area contributed by atoms with Crippen LogP contribution in [0.1, 0.15) is 26.2 Å². The van der Waals surface area contributed by atoms with E-state index in [-0.39, 0.29) is 0 Å². The summed E-state index contributed by atoms with van der Waals surface area (Å²) in [5, 5.41) is 0. The molecule has 0 aromatic carbocycles. The Hall–Kier alpha value is -0.980. The fourth-order valence-corrected chi connectivity index (χ4v) is 2.01. The third-order valence-electron chi connectivity index (χ3n) is 3.07. The minimum absolute atomic E-state index is 0.690. The van der Waals surface area contributed by atoms with Gasteiger partial charge in [-0.15, -0.1) is 0 Å². The van der Waals surface area contributed by atoms with Crippen molar-refractivity contribution in [2.45, 2.75) is 32.2 Å². The molecule has 1 atom stereocenters. The molecule has 0 aromatic heterocycles. The summed E-state index contributed by atoms with van der Waals surface area (Å²) in [4.78, 5) is 2.39. The molecule has 0 amide bonds. The third-order valence-corrected chi connectivity index (χ3v) is 3.07. The average molecular weight is 175 g/mol. The molecule has 0 radical (unpaired) electrons. The molecule has 0 saturated heterocycles. The summed E-state index contributed by atoms with van der Waals surface area (Å²) >= 11 is 0. The SMILES string of the molecule is CC1CCC2=C(C=CCC=C2)N1C. The molecule has 0 N–H and O–H groups in total. The maximum Gasteiger partial charge on any atom is 0.0395 e. The van der Waals surface area contributed by atoms with Crippen LogP contribution in [0, 0.1) is 0 Å². The summed E-state index contributed by atoms with van der Waals surface area (Å²) in [5.41, 5.74) is 2.93. The maximum atomic E-state index is 2.39. The van der Waals surface area contributed by atoms with Gasteiger partial charge >= 0.3 is 0 Å². The second-order valence-corrected chi connectivity index (χ2v) is 3.95. The van der Waals surface area contributed by atoms with Crippen LogP contribution in [0.4, 0.5) is 0 Å². The zero-order valence-corrected chi connectivity index (χ0v) is 8.46. The predicted octanol–water partition coefficient (Wildman–Crippen LogP) is 2.87. The monoisotopic (exact) mass is 175 g/mol. The van der Waals surface area contributed by atoms with Crippen molar-refractivity contribution in [3.8, 4) is 0 Å². The van der Waals surface area contributed by atoms with Crippen molar-refractivity contribution in [2.75, 3.05) is 7.05 Å². The molecule has 70 valence electrons. The normalized spacial score (nSPS) is 27.5. The number of rotatable bonds is 0. The maximum absolute atomic E-state index is 2.39. The van der Waals surface area contributed by atoms with Gasteiger partial charge in [-0.2, -0.15) is 0 Å². The smallest absolute Gasteiger partial charge is 0.0395 e. The Kier molecular flexibility index (Phi) is 2.26. The van der Waals surface area contributed by atoms with Crippen LogP contribution < -0.4 is 0 Å². The van der Waals surface area contributed by atoms with E-state index in [0.29, 0.717) is 6.04 Å². The molecule has 1 heterocycles. The molecule has 1 unspecified atom stereocenters. The lowest BCUT2D eigenvalue weighted by Crippen LogP contribution is -2.31. The number of hydrogen-bond acceptors (Lipinski definition) is 1. The first-order chi connectivity index (χ1) is 6.29. The van der Waals surface area contributed by atoms with E-state index in [2.05, 4.69) is 43.2 Å². The molecule has 13 heavy (non-hydrogen) atoms. The van der Waals surface area contributed by atoms with E-state index in [4.69, 9.17) is 0 Å². The summed E-state index contributed by atoms with van der Waals surface area (Å²) < 4.78 is 0. The molecule has 0 saturated carbocycles. The average Bonchev–Trinajstić information content (AvgIpc) is 2.36. The Bertz CT molecular complexity index is 283. The van der Waals surface area contributed by atoms with E-state index < -0.39 is 0 Å². The van der Waals surface area contributed by atoms with Crippen LogP contribution in [0.5, 0.6) is 0 Å². The van der Waals surface area contributed by atoms with Crippen molar-refractivity contribution in [3.05, 3.63) is 35.6 Å². The highest BCUT2D eigenvalue weighted by Gasteiger charge is 2.19. The van der Waals surface area contributed by atoms with Crippen molar-refractivity contribution < 1.29 is 0 Å². The van der Waals surface area contributed by atoms with Crippen LogP contribution in [0.3, 0.4) is 0 Å². The summed E-state index contributed by atoms with van der Waals surface area (Å²) in [5.74, 6) is 0. The van der Waals surface area contributed by atoms with Crippen LogP contribution in [0.15, 0.2) is 35.6 Å². The Morgan fingerprint density at radius 3 is 2.92 bits per heavy atom. The van der Waals surface area contributed by atoms with E-state index in [1.165, 1.54) is 24.1 Å². The molecule has 0 spiro atoms. The van der Waals surface area contributed by atoms with Gasteiger partial charge in [0.15, 0.2) is 0 Å². The van der Waals surface area contributed by atoms with Crippen molar-refractivity contribution >= 4 is 0 Å². The molecule has 1 heteroatoms. The van der Waals surface area contributed by atoms with E-state index >= 15 is 0 Å². The standard InChI is InChI=1S/C12H17N/c1-10-8-9-11-6-4-3-5-7-12(11)13(10)2/h4-7,10H,3,8-9H2,1-2H3. The van der Waals surface area contributed by atoms with Gasteiger partial charge in [-0.25, -0.2) is 0 Å². The Balaban J connectivity index is 2.36. The molecule has 1 nitrogen and oxygen atoms in total. The Morgan fingerprint density at radius 2 is 2.08 bits per heavy atom. The summed E-state index contributed by atoms with van der Waals surface area (Å²) in [6, 6.07) is 0.690. The summed E-state index contributed by atoms with van der Waals surface area (Å²) in [6.45, 7) is 2.30. The van der Waals surface area contributed by atoms with E-state index in [9.17, 15) is 0 Å². The van der Waals surface area contributed by atoms with Gasteiger partial charge in [0.2, 0.25) is 0 Å². The molecule has 1 aliphatic carbocycles. The predicted molar refractivity (Wildman–Crippen MR) is 56.4 cm³/mol. The van der Waals surface area contributed by atoms with Gasteiger partial charge in [0, 0.05) is 18.8 Å². The van der Waals surface area contributed by atoms with E-state index in [1.54, 1.807) is 0 Å². The molecular weight excluding hydrogens is 158 g/mol. The fraction of sp³-hybridized carbons (Fsp3) is 0.500. The Labute approximate surface area is 80.4 Å². The first-order valence-electron chi connectivity index (χ1n) is 5.08. The highest BCUT2D eigenvalue weighted by atomic mass is 15.1.